The van der Waals surface area contributed by atoms with E-state index in [0.29, 0.717) is 0 Å². The monoisotopic (exact) mass is 424 g/mol. The molecular weight excluding hydrogens is 400 g/mol. The second-order valence-corrected chi connectivity index (χ2v) is 6.34. The zero-order valence-corrected chi connectivity index (χ0v) is 17.2. The van der Waals surface area contributed by atoms with Gasteiger partial charge in [0.25, 0.3) is 0 Å². The van der Waals surface area contributed by atoms with Crippen molar-refractivity contribution in [3.8, 4) is 0 Å². The highest BCUT2D eigenvalue weighted by molar-refractivity contribution is 6.27. The Labute approximate surface area is 172 Å². The maximum Gasteiger partial charge on any atom is 0.342 e. The van der Waals surface area contributed by atoms with E-state index in [9.17, 15) is 29.1 Å². The van der Waals surface area contributed by atoms with E-state index in [1.807, 2.05) is 0 Å². The summed E-state index contributed by atoms with van der Waals surface area (Å²) >= 11 is 0. The van der Waals surface area contributed by atoms with Gasteiger partial charge in [0.15, 0.2) is 5.78 Å². The third-order valence-electron chi connectivity index (χ3n) is 4.71. The number of carbonyl (C=O) groups is 5. The number of Topliss-reactive ketones (excluding diaryl/α,β-unsaturated/α-hetero) is 1. The van der Waals surface area contributed by atoms with Crippen LogP contribution in [0.2, 0.25) is 0 Å². The molecule has 2 aliphatic carbocycles. The van der Waals surface area contributed by atoms with E-state index in [2.05, 4.69) is 0 Å². The molecule has 0 aromatic rings. The third kappa shape index (κ3) is 3.81. The number of aliphatic hydroxyl groups excluding tert-OH is 1. The van der Waals surface area contributed by atoms with Gasteiger partial charge in [-0.15, -0.1) is 0 Å². The highest BCUT2D eigenvalue weighted by Gasteiger charge is 2.61. The summed E-state index contributed by atoms with van der Waals surface area (Å²) in [6, 6.07) is 0. The first-order valence-corrected chi connectivity index (χ1v) is 9.65. The summed E-state index contributed by atoms with van der Waals surface area (Å²) < 4.78 is 19.8. The quantitative estimate of drug-likeness (QED) is 0.257. The van der Waals surface area contributed by atoms with E-state index in [1.165, 1.54) is 27.7 Å². The molecule has 2 aliphatic rings. The van der Waals surface area contributed by atoms with Crippen molar-refractivity contribution in [2.24, 2.45) is 17.8 Å². The molecule has 10 nitrogen and oxygen atoms in total. The third-order valence-corrected chi connectivity index (χ3v) is 4.71. The summed E-state index contributed by atoms with van der Waals surface area (Å²) in [6.45, 7) is 5.83. The van der Waals surface area contributed by atoms with Gasteiger partial charge < -0.3 is 24.1 Å². The maximum absolute atomic E-state index is 13.0. The first kappa shape index (κ1) is 23.1. The number of rotatable bonds is 8. The van der Waals surface area contributed by atoms with E-state index in [4.69, 9.17) is 18.9 Å². The van der Waals surface area contributed by atoms with E-state index in [1.54, 1.807) is 0 Å². The smallest absolute Gasteiger partial charge is 0.342 e. The van der Waals surface area contributed by atoms with Gasteiger partial charge in [0.05, 0.1) is 26.4 Å². The Kier molecular flexibility index (Phi) is 7.36. The Morgan fingerprint density at radius 3 is 1.63 bits per heavy atom. The van der Waals surface area contributed by atoms with Crippen molar-refractivity contribution in [2.45, 2.75) is 27.7 Å². The largest absolute Gasteiger partial charge is 0.510 e. The second kappa shape index (κ2) is 9.55. The number of ketones is 1. The first-order chi connectivity index (χ1) is 14.3. The number of aliphatic hydroxyl groups is 1. The van der Waals surface area contributed by atoms with Crippen LogP contribution in [0.15, 0.2) is 22.5 Å². The zero-order valence-electron chi connectivity index (χ0n) is 17.2. The van der Waals surface area contributed by atoms with E-state index >= 15 is 0 Å². The highest BCUT2D eigenvalue weighted by Crippen LogP contribution is 2.52. The van der Waals surface area contributed by atoms with Gasteiger partial charge in [-0.3, -0.25) is 14.4 Å². The molecule has 0 amide bonds. The van der Waals surface area contributed by atoms with Crippen LogP contribution in [0.5, 0.6) is 0 Å². The number of carbonyl (C=O) groups excluding carboxylic acids is 5. The van der Waals surface area contributed by atoms with Crippen LogP contribution in [0.1, 0.15) is 27.7 Å². The summed E-state index contributed by atoms with van der Waals surface area (Å²) in [5, 5.41) is 10.7. The Morgan fingerprint density at radius 1 is 0.733 bits per heavy atom. The lowest BCUT2D eigenvalue weighted by Gasteiger charge is -2.21. The molecule has 0 radical (unpaired) electrons. The average Bonchev–Trinajstić information content (AvgIpc) is 3.11. The van der Waals surface area contributed by atoms with E-state index in [0.717, 1.165) is 0 Å². The normalized spacial score (nSPS) is 22.7. The number of hydrogen-bond acceptors (Lipinski definition) is 10. The van der Waals surface area contributed by atoms with Crippen molar-refractivity contribution in [1.29, 1.82) is 0 Å². The van der Waals surface area contributed by atoms with Gasteiger partial charge in [-0.1, -0.05) is 0 Å². The fourth-order valence-corrected chi connectivity index (χ4v) is 3.71. The van der Waals surface area contributed by atoms with E-state index < -0.39 is 64.3 Å². The minimum absolute atomic E-state index is 0.0497. The zero-order chi connectivity index (χ0) is 22.6. The summed E-state index contributed by atoms with van der Waals surface area (Å²) in [5.41, 5.74) is -1.35. The summed E-state index contributed by atoms with van der Waals surface area (Å²) in [4.78, 5) is 63.3. The molecule has 0 bridgehead atoms. The van der Waals surface area contributed by atoms with Crippen molar-refractivity contribution < 1.29 is 48.0 Å². The number of fused-ring (bicyclic) bond motifs is 1. The molecule has 3 unspecified atom stereocenters. The van der Waals surface area contributed by atoms with Crippen LogP contribution in [0.25, 0.3) is 0 Å². The lowest BCUT2D eigenvalue weighted by Crippen LogP contribution is -2.36. The molecular formula is C20H24O10. The first-order valence-electron chi connectivity index (χ1n) is 9.65. The van der Waals surface area contributed by atoms with Gasteiger partial charge in [-0.25, -0.2) is 9.59 Å². The van der Waals surface area contributed by atoms with Gasteiger partial charge in [0.2, 0.25) is 0 Å². The fraction of sp³-hybridized carbons (Fsp3) is 0.550. The van der Waals surface area contributed by atoms with Crippen LogP contribution in [0, 0.1) is 17.8 Å². The van der Waals surface area contributed by atoms with Crippen LogP contribution in [0.4, 0.5) is 0 Å². The highest BCUT2D eigenvalue weighted by atomic mass is 16.5. The lowest BCUT2D eigenvalue weighted by atomic mass is 9.83. The molecule has 0 fully saturated rings. The van der Waals surface area contributed by atoms with Crippen molar-refractivity contribution in [3.63, 3.8) is 0 Å². The predicted molar refractivity (Wildman–Crippen MR) is 98.7 cm³/mol. The standard InChI is InChI=1S/C20H24O10/c1-5-27-17(23)11-9-10(13(15(11)21)19(25)29-7-3)14(20(26)30-8-4)16(22)12(9)18(24)28-6-2/h9,11-12,21H,5-8H2,1-4H3. The molecule has 0 aromatic heterocycles. The van der Waals surface area contributed by atoms with E-state index in [-0.39, 0.29) is 32.0 Å². The number of hydrogen-bond donors (Lipinski definition) is 1. The second-order valence-electron chi connectivity index (χ2n) is 6.34. The van der Waals surface area contributed by atoms with Crippen molar-refractivity contribution >= 4 is 29.7 Å². The molecule has 2 rings (SSSR count). The summed E-state index contributed by atoms with van der Waals surface area (Å²) in [5.74, 6) is -10.3. The molecule has 0 aliphatic heterocycles. The molecule has 0 spiro atoms. The van der Waals surface area contributed by atoms with Crippen LogP contribution in [-0.4, -0.2) is 61.2 Å². The predicted octanol–water partition coefficient (Wildman–Crippen LogP) is 0.792. The Morgan fingerprint density at radius 2 is 1.17 bits per heavy atom. The maximum atomic E-state index is 13.0. The number of ether oxygens (including phenoxy) is 4. The van der Waals surface area contributed by atoms with Gasteiger partial charge in [-0.2, -0.15) is 0 Å². The van der Waals surface area contributed by atoms with Crippen molar-refractivity contribution in [3.05, 3.63) is 22.5 Å². The Hall–Kier alpha value is -3.17. The Balaban J connectivity index is 2.76. The van der Waals surface area contributed by atoms with Crippen LogP contribution in [-0.2, 0) is 42.9 Å². The summed E-state index contributed by atoms with van der Waals surface area (Å²) in [6.07, 6.45) is 0. The SMILES string of the molecule is CCOC(=O)C1=C(O)C(C(=O)OCC)C2C1=C(C(=O)OCC)C(=O)C2C(=O)OCC. The minimum Gasteiger partial charge on any atom is -0.510 e. The fourth-order valence-electron chi connectivity index (χ4n) is 3.71. The minimum atomic E-state index is -1.62. The molecule has 0 saturated carbocycles. The molecule has 0 heterocycles. The van der Waals surface area contributed by atoms with Crippen LogP contribution in [0.3, 0.4) is 0 Å². The topological polar surface area (TPSA) is 142 Å². The van der Waals surface area contributed by atoms with Gasteiger partial charge >= 0.3 is 23.9 Å². The lowest BCUT2D eigenvalue weighted by molar-refractivity contribution is -0.155. The van der Waals surface area contributed by atoms with Crippen LogP contribution < -0.4 is 0 Å². The molecule has 30 heavy (non-hydrogen) atoms. The molecule has 10 heteroatoms. The van der Waals surface area contributed by atoms with Gasteiger partial charge in [0, 0.05) is 5.92 Å². The molecule has 3 atom stereocenters. The van der Waals surface area contributed by atoms with Gasteiger partial charge in [-0.05, 0) is 33.3 Å². The van der Waals surface area contributed by atoms with Crippen LogP contribution >= 0.6 is 0 Å². The molecule has 0 saturated heterocycles. The average molecular weight is 424 g/mol. The Bertz CT molecular complexity index is 835. The van der Waals surface area contributed by atoms with Crippen molar-refractivity contribution in [2.75, 3.05) is 26.4 Å². The van der Waals surface area contributed by atoms with Gasteiger partial charge in [0.1, 0.15) is 28.7 Å². The molecule has 0 aromatic carbocycles. The van der Waals surface area contributed by atoms with Crippen molar-refractivity contribution in [1.82, 2.24) is 0 Å². The molecule has 1 N–H and O–H groups in total. The molecule has 164 valence electrons. The number of esters is 4. The summed E-state index contributed by atoms with van der Waals surface area (Å²) in [7, 11) is 0.